The number of hydrogen-bond acceptors (Lipinski definition) is 4. The van der Waals surface area contributed by atoms with Crippen molar-refractivity contribution >= 4 is 17.4 Å². The lowest BCUT2D eigenvalue weighted by molar-refractivity contribution is 0.110. The van der Waals surface area contributed by atoms with Crippen LogP contribution in [0.1, 0.15) is 44.3 Å². The fourth-order valence-electron chi connectivity index (χ4n) is 2.72. The Morgan fingerprint density at radius 1 is 1.26 bits per heavy atom. The molecule has 1 saturated carbocycles. The predicted octanol–water partition coefficient (Wildman–Crippen LogP) is 2.60. The zero-order chi connectivity index (χ0) is 13.4. The minimum Gasteiger partial charge on any atom is -0.393 e. The molecule has 2 aliphatic rings. The Balaban J connectivity index is 1.72. The highest BCUT2D eigenvalue weighted by atomic mass is 35.5. The number of piperidine rings is 1. The third-order valence-electron chi connectivity index (χ3n) is 4.19. The summed E-state index contributed by atoms with van der Waals surface area (Å²) >= 11 is 6.10. The fraction of sp³-hybridized carbons (Fsp3) is 0.714. The van der Waals surface area contributed by atoms with E-state index in [1.165, 1.54) is 12.8 Å². The highest BCUT2D eigenvalue weighted by molar-refractivity contribution is 6.29. The molecule has 1 saturated heterocycles. The molecular formula is C14H20ClN3O. The van der Waals surface area contributed by atoms with Gasteiger partial charge in [0.25, 0.3) is 0 Å². The van der Waals surface area contributed by atoms with E-state index in [1.807, 2.05) is 13.0 Å². The summed E-state index contributed by atoms with van der Waals surface area (Å²) in [4.78, 5) is 11.2. The zero-order valence-electron chi connectivity index (χ0n) is 11.2. The maximum absolute atomic E-state index is 9.64. The molecule has 3 rings (SSSR count). The lowest BCUT2D eigenvalue weighted by Crippen LogP contribution is -2.37. The van der Waals surface area contributed by atoms with Crippen LogP contribution in [-0.4, -0.2) is 34.3 Å². The normalized spacial score (nSPS) is 22.6. The van der Waals surface area contributed by atoms with E-state index in [-0.39, 0.29) is 6.10 Å². The average molecular weight is 282 g/mol. The molecule has 1 aliphatic carbocycles. The van der Waals surface area contributed by atoms with E-state index in [2.05, 4.69) is 14.9 Å². The van der Waals surface area contributed by atoms with E-state index in [9.17, 15) is 5.11 Å². The molecule has 2 heterocycles. The van der Waals surface area contributed by atoms with E-state index in [1.54, 1.807) is 0 Å². The Morgan fingerprint density at radius 2 is 1.95 bits per heavy atom. The summed E-state index contributed by atoms with van der Waals surface area (Å²) in [5, 5.41) is 10.2. The van der Waals surface area contributed by atoms with Crippen LogP contribution < -0.4 is 4.90 Å². The Hall–Kier alpha value is -0.870. The summed E-state index contributed by atoms with van der Waals surface area (Å²) in [6.07, 6.45) is 4.18. The van der Waals surface area contributed by atoms with E-state index in [4.69, 9.17) is 11.6 Å². The molecule has 0 bridgehead atoms. The molecule has 1 N–H and O–H groups in total. The van der Waals surface area contributed by atoms with Crippen molar-refractivity contribution in [2.45, 2.75) is 44.6 Å². The molecule has 104 valence electrons. The first-order valence-electron chi connectivity index (χ1n) is 7.11. The van der Waals surface area contributed by atoms with Crippen LogP contribution in [0, 0.1) is 5.92 Å². The zero-order valence-corrected chi connectivity index (χ0v) is 12.0. The number of aromatic nitrogens is 2. The third-order valence-corrected chi connectivity index (χ3v) is 4.38. The maximum Gasteiger partial charge on any atom is 0.135 e. The van der Waals surface area contributed by atoms with Gasteiger partial charge in [-0.1, -0.05) is 11.6 Å². The summed E-state index contributed by atoms with van der Waals surface area (Å²) in [6.45, 7) is 3.76. The summed E-state index contributed by atoms with van der Waals surface area (Å²) < 4.78 is 0. The van der Waals surface area contributed by atoms with Crippen molar-refractivity contribution < 1.29 is 5.11 Å². The molecule has 1 aromatic rings. The molecule has 1 aliphatic heterocycles. The van der Waals surface area contributed by atoms with Crippen LogP contribution in [-0.2, 0) is 0 Å². The third kappa shape index (κ3) is 3.00. The molecule has 5 heteroatoms. The number of rotatable bonds is 3. The van der Waals surface area contributed by atoms with E-state index >= 15 is 0 Å². The van der Waals surface area contributed by atoms with Gasteiger partial charge in [-0.25, -0.2) is 9.97 Å². The van der Waals surface area contributed by atoms with Gasteiger partial charge < -0.3 is 10.0 Å². The predicted molar refractivity (Wildman–Crippen MR) is 75.6 cm³/mol. The van der Waals surface area contributed by atoms with Gasteiger partial charge in [0, 0.05) is 25.1 Å². The topological polar surface area (TPSA) is 49.2 Å². The first kappa shape index (κ1) is 13.1. The van der Waals surface area contributed by atoms with Crippen molar-refractivity contribution in [2.24, 2.45) is 5.92 Å². The Kier molecular flexibility index (Phi) is 3.63. The van der Waals surface area contributed by atoms with Crippen LogP contribution in [0.25, 0.3) is 0 Å². The monoisotopic (exact) mass is 281 g/mol. The number of nitrogens with zero attached hydrogens (tertiary/aromatic N) is 3. The van der Waals surface area contributed by atoms with Crippen molar-refractivity contribution in [2.75, 3.05) is 18.0 Å². The molecule has 1 aromatic heterocycles. The lowest BCUT2D eigenvalue weighted by atomic mass is 9.92. The highest BCUT2D eigenvalue weighted by Gasteiger charge is 2.29. The maximum atomic E-state index is 9.64. The quantitative estimate of drug-likeness (QED) is 0.865. The number of halogens is 1. The second-order valence-electron chi connectivity index (χ2n) is 5.75. The van der Waals surface area contributed by atoms with Gasteiger partial charge in [-0.05, 0) is 38.5 Å². The highest BCUT2D eigenvalue weighted by Crippen LogP contribution is 2.39. The van der Waals surface area contributed by atoms with Gasteiger partial charge in [-0.3, -0.25) is 0 Å². The van der Waals surface area contributed by atoms with Crippen LogP contribution >= 0.6 is 11.6 Å². The van der Waals surface area contributed by atoms with Gasteiger partial charge in [0.1, 0.15) is 16.8 Å². The molecule has 0 spiro atoms. The molecule has 1 atom stereocenters. The Bertz CT molecular complexity index is 454. The van der Waals surface area contributed by atoms with Crippen molar-refractivity contribution in [1.82, 2.24) is 9.97 Å². The van der Waals surface area contributed by atoms with Gasteiger partial charge in [-0.15, -0.1) is 0 Å². The van der Waals surface area contributed by atoms with Gasteiger partial charge in [-0.2, -0.15) is 0 Å². The van der Waals surface area contributed by atoms with Crippen molar-refractivity contribution in [3.05, 3.63) is 17.0 Å². The Morgan fingerprint density at radius 3 is 2.53 bits per heavy atom. The van der Waals surface area contributed by atoms with Gasteiger partial charge >= 0.3 is 0 Å². The second-order valence-corrected chi connectivity index (χ2v) is 6.13. The summed E-state index contributed by atoms with van der Waals surface area (Å²) in [7, 11) is 0. The molecule has 0 aromatic carbocycles. The van der Waals surface area contributed by atoms with Crippen LogP contribution in [0.5, 0.6) is 0 Å². The van der Waals surface area contributed by atoms with Crippen LogP contribution in [0.2, 0.25) is 5.15 Å². The molecule has 0 amide bonds. The van der Waals surface area contributed by atoms with E-state index < -0.39 is 0 Å². The molecule has 1 unspecified atom stereocenters. The van der Waals surface area contributed by atoms with Gasteiger partial charge in [0.15, 0.2) is 0 Å². The van der Waals surface area contributed by atoms with E-state index in [0.29, 0.717) is 17.0 Å². The second kappa shape index (κ2) is 5.25. The van der Waals surface area contributed by atoms with E-state index in [0.717, 1.165) is 37.6 Å². The van der Waals surface area contributed by atoms with Crippen LogP contribution in [0.4, 0.5) is 5.82 Å². The fourth-order valence-corrected chi connectivity index (χ4v) is 2.90. The summed E-state index contributed by atoms with van der Waals surface area (Å²) in [6, 6.07) is 1.86. The summed E-state index contributed by atoms with van der Waals surface area (Å²) in [5.41, 5.74) is 0. The number of hydrogen-bond donors (Lipinski definition) is 1. The van der Waals surface area contributed by atoms with Crippen LogP contribution in [0.3, 0.4) is 0 Å². The van der Waals surface area contributed by atoms with Gasteiger partial charge in [0.2, 0.25) is 0 Å². The molecule has 19 heavy (non-hydrogen) atoms. The minimum atomic E-state index is -0.210. The number of aliphatic hydroxyl groups excluding tert-OH is 1. The Labute approximate surface area is 118 Å². The first-order chi connectivity index (χ1) is 9.13. The lowest BCUT2D eigenvalue weighted by Gasteiger charge is -2.34. The van der Waals surface area contributed by atoms with Gasteiger partial charge in [0.05, 0.1) is 6.10 Å². The smallest absolute Gasteiger partial charge is 0.135 e. The largest absolute Gasteiger partial charge is 0.393 e. The average Bonchev–Trinajstić information content (AvgIpc) is 3.22. The van der Waals surface area contributed by atoms with Crippen molar-refractivity contribution in [3.8, 4) is 0 Å². The molecule has 2 fully saturated rings. The minimum absolute atomic E-state index is 0.210. The molecule has 4 nitrogen and oxygen atoms in total. The SMILES string of the molecule is CC(O)C1CCN(c2cc(Cl)nc(C3CC3)n2)CC1. The number of anilines is 1. The van der Waals surface area contributed by atoms with Crippen molar-refractivity contribution in [3.63, 3.8) is 0 Å². The standard InChI is InChI=1S/C14H20ClN3O/c1-9(19)10-4-6-18(7-5-10)13-8-12(15)16-14(17-13)11-2-3-11/h8-11,19H,2-7H2,1H3. The van der Waals surface area contributed by atoms with Crippen molar-refractivity contribution in [1.29, 1.82) is 0 Å². The first-order valence-corrected chi connectivity index (χ1v) is 7.49. The van der Waals surface area contributed by atoms with Crippen LogP contribution in [0.15, 0.2) is 6.07 Å². The molecular weight excluding hydrogens is 262 g/mol. The number of aliphatic hydroxyl groups is 1. The molecule has 0 radical (unpaired) electrons. The summed E-state index contributed by atoms with van der Waals surface area (Å²) in [5.74, 6) is 2.79.